The lowest BCUT2D eigenvalue weighted by Crippen LogP contribution is -2.47. The van der Waals surface area contributed by atoms with Gasteiger partial charge < -0.3 is 10.2 Å². The van der Waals surface area contributed by atoms with Gasteiger partial charge in [0.1, 0.15) is 0 Å². The SMILES string of the molecule is CS(=O)(=O)NC1CCN(C(=O)Nc2cccc3ccccc23)CC1. The van der Waals surface area contributed by atoms with E-state index < -0.39 is 10.0 Å². The van der Waals surface area contributed by atoms with E-state index in [1.807, 2.05) is 42.5 Å². The summed E-state index contributed by atoms with van der Waals surface area (Å²) in [5, 5.41) is 5.04. The standard InChI is InChI=1S/C17H21N3O3S/c1-24(22,23)19-14-9-11-20(12-10-14)17(21)18-16-8-4-6-13-5-2-3-7-15(13)16/h2-8,14,19H,9-12H2,1H3,(H,18,21). The highest BCUT2D eigenvalue weighted by Gasteiger charge is 2.24. The van der Waals surface area contributed by atoms with Crippen LogP contribution in [-0.4, -0.2) is 44.7 Å². The number of carbonyl (C=O) groups excluding carboxylic acids is 1. The van der Waals surface area contributed by atoms with Gasteiger partial charge >= 0.3 is 6.03 Å². The van der Waals surface area contributed by atoms with Crippen molar-refractivity contribution in [2.75, 3.05) is 24.7 Å². The molecule has 2 aromatic carbocycles. The Morgan fingerprint density at radius 3 is 2.46 bits per heavy atom. The fourth-order valence-corrected chi connectivity index (χ4v) is 3.87. The molecule has 24 heavy (non-hydrogen) atoms. The van der Waals surface area contributed by atoms with Crippen LogP contribution in [0.1, 0.15) is 12.8 Å². The number of hydrogen-bond acceptors (Lipinski definition) is 3. The zero-order chi connectivity index (χ0) is 17.2. The Bertz CT molecular complexity index is 838. The van der Waals surface area contributed by atoms with Crippen molar-refractivity contribution in [2.24, 2.45) is 0 Å². The van der Waals surface area contributed by atoms with Gasteiger partial charge in [0, 0.05) is 24.5 Å². The second-order valence-corrected chi connectivity index (χ2v) is 7.89. The van der Waals surface area contributed by atoms with Crippen LogP contribution < -0.4 is 10.0 Å². The molecule has 0 aromatic heterocycles. The fraction of sp³-hybridized carbons (Fsp3) is 0.353. The van der Waals surface area contributed by atoms with E-state index in [-0.39, 0.29) is 12.1 Å². The first-order valence-corrected chi connectivity index (χ1v) is 9.82. The molecule has 1 fully saturated rings. The lowest BCUT2D eigenvalue weighted by atomic mass is 10.1. The van der Waals surface area contributed by atoms with E-state index in [9.17, 15) is 13.2 Å². The summed E-state index contributed by atoms with van der Waals surface area (Å²) in [7, 11) is -3.20. The topological polar surface area (TPSA) is 78.5 Å². The van der Waals surface area contributed by atoms with E-state index >= 15 is 0 Å². The molecule has 7 heteroatoms. The summed E-state index contributed by atoms with van der Waals surface area (Å²) in [5.74, 6) is 0. The number of nitrogens with zero attached hydrogens (tertiary/aromatic N) is 1. The van der Waals surface area contributed by atoms with E-state index in [0.29, 0.717) is 25.9 Å². The summed E-state index contributed by atoms with van der Waals surface area (Å²) in [6.07, 6.45) is 2.40. The maximum atomic E-state index is 12.5. The molecular weight excluding hydrogens is 326 g/mol. The number of piperidine rings is 1. The Hall–Kier alpha value is -2.12. The van der Waals surface area contributed by atoms with Crippen LogP contribution in [0, 0.1) is 0 Å². The van der Waals surface area contributed by atoms with Crippen LogP contribution in [0.5, 0.6) is 0 Å². The summed E-state index contributed by atoms with van der Waals surface area (Å²) < 4.78 is 25.2. The van der Waals surface area contributed by atoms with Crippen LogP contribution in [0.2, 0.25) is 0 Å². The molecule has 0 spiro atoms. The number of fused-ring (bicyclic) bond motifs is 1. The quantitative estimate of drug-likeness (QED) is 0.895. The van der Waals surface area contributed by atoms with Crippen LogP contribution in [0.15, 0.2) is 42.5 Å². The van der Waals surface area contributed by atoms with Crippen molar-refractivity contribution < 1.29 is 13.2 Å². The zero-order valence-corrected chi connectivity index (χ0v) is 14.3. The second kappa shape index (κ2) is 6.78. The van der Waals surface area contributed by atoms with E-state index in [2.05, 4.69) is 10.0 Å². The Morgan fingerprint density at radius 1 is 1.08 bits per heavy atom. The first-order valence-electron chi connectivity index (χ1n) is 7.93. The van der Waals surface area contributed by atoms with Gasteiger partial charge in [-0.05, 0) is 24.3 Å². The predicted molar refractivity (Wildman–Crippen MR) is 95.5 cm³/mol. The molecule has 0 bridgehead atoms. The van der Waals surface area contributed by atoms with Crippen molar-refractivity contribution in [3.8, 4) is 0 Å². The molecule has 0 unspecified atom stereocenters. The van der Waals surface area contributed by atoms with E-state index in [1.165, 1.54) is 0 Å². The maximum Gasteiger partial charge on any atom is 0.321 e. The van der Waals surface area contributed by atoms with Gasteiger partial charge in [-0.25, -0.2) is 17.9 Å². The van der Waals surface area contributed by atoms with Gasteiger partial charge in [0.05, 0.1) is 11.9 Å². The normalized spacial score (nSPS) is 16.3. The number of likely N-dealkylation sites (tertiary alicyclic amines) is 1. The lowest BCUT2D eigenvalue weighted by Gasteiger charge is -2.32. The smallest absolute Gasteiger partial charge is 0.321 e. The second-order valence-electron chi connectivity index (χ2n) is 6.11. The van der Waals surface area contributed by atoms with E-state index in [4.69, 9.17) is 0 Å². The number of benzene rings is 2. The highest BCUT2D eigenvalue weighted by Crippen LogP contribution is 2.23. The Morgan fingerprint density at radius 2 is 1.75 bits per heavy atom. The average molecular weight is 347 g/mol. The molecule has 0 aliphatic carbocycles. The van der Waals surface area contributed by atoms with Gasteiger partial charge in [-0.3, -0.25) is 0 Å². The van der Waals surface area contributed by atoms with Gasteiger partial charge in [-0.15, -0.1) is 0 Å². The number of rotatable bonds is 3. The Balaban J connectivity index is 1.64. The molecule has 0 saturated carbocycles. The van der Waals surface area contributed by atoms with Crippen molar-refractivity contribution >= 4 is 32.5 Å². The number of urea groups is 1. The molecular formula is C17H21N3O3S. The molecule has 1 saturated heterocycles. The Labute approximate surface area is 141 Å². The number of sulfonamides is 1. The summed E-state index contributed by atoms with van der Waals surface area (Å²) in [6, 6.07) is 13.5. The summed E-state index contributed by atoms with van der Waals surface area (Å²) >= 11 is 0. The van der Waals surface area contributed by atoms with Gasteiger partial charge in [0.15, 0.2) is 0 Å². The van der Waals surface area contributed by atoms with Crippen LogP contribution in [0.3, 0.4) is 0 Å². The van der Waals surface area contributed by atoms with Crippen LogP contribution in [0.25, 0.3) is 10.8 Å². The van der Waals surface area contributed by atoms with E-state index in [0.717, 1.165) is 22.7 Å². The lowest BCUT2D eigenvalue weighted by molar-refractivity contribution is 0.193. The molecule has 0 radical (unpaired) electrons. The third-order valence-electron chi connectivity index (χ3n) is 4.19. The van der Waals surface area contributed by atoms with Crippen LogP contribution >= 0.6 is 0 Å². The minimum absolute atomic E-state index is 0.0957. The number of hydrogen-bond donors (Lipinski definition) is 2. The predicted octanol–water partition coefficient (Wildman–Crippen LogP) is 2.39. The minimum atomic E-state index is -3.20. The van der Waals surface area contributed by atoms with Crippen LogP contribution in [0.4, 0.5) is 10.5 Å². The van der Waals surface area contributed by atoms with Gasteiger partial charge in [-0.2, -0.15) is 0 Å². The summed E-state index contributed by atoms with van der Waals surface area (Å²) in [4.78, 5) is 14.2. The molecule has 1 heterocycles. The van der Waals surface area contributed by atoms with Crippen molar-refractivity contribution in [1.82, 2.24) is 9.62 Å². The van der Waals surface area contributed by atoms with Crippen LogP contribution in [-0.2, 0) is 10.0 Å². The van der Waals surface area contributed by atoms with Crippen molar-refractivity contribution in [2.45, 2.75) is 18.9 Å². The molecule has 6 nitrogen and oxygen atoms in total. The zero-order valence-electron chi connectivity index (χ0n) is 13.5. The Kier molecular flexibility index (Phi) is 4.73. The van der Waals surface area contributed by atoms with Crippen molar-refractivity contribution in [1.29, 1.82) is 0 Å². The highest BCUT2D eigenvalue weighted by molar-refractivity contribution is 7.88. The number of amides is 2. The molecule has 0 atom stereocenters. The fourth-order valence-electron chi connectivity index (χ4n) is 3.03. The molecule has 2 amide bonds. The minimum Gasteiger partial charge on any atom is -0.324 e. The first-order chi connectivity index (χ1) is 11.4. The molecule has 1 aliphatic heterocycles. The van der Waals surface area contributed by atoms with Crippen molar-refractivity contribution in [3.63, 3.8) is 0 Å². The average Bonchev–Trinajstić information content (AvgIpc) is 2.54. The molecule has 128 valence electrons. The molecule has 2 N–H and O–H groups in total. The van der Waals surface area contributed by atoms with Gasteiger partial charge in [0.2, 0.25) is 10.0 Å². The first kappa shape index (κ1) is 16.7. The maximum absolute atomic E-state index is 12.5. The number of nitrogens with one attached hydrogen (secondary N) is 2. The third kappa shape index (κ3) is 4.04. The number of anilines is 1. The summed E-state index contributed by atoms with van der Waals surface area (Å²) in [5.41, 5.74) is 0.787. The highest BCUT2D eigenvalue weighted by atomic mass is 32.2. The van der Waals surface area contributed by atoms with Crippen molar-refractivity contribution in [3.05, 3.63) is 42.5 Å². The molecule has 1 aliphatic rings. The third-order valence-corrected chi connectivity index (χ3v) is 4.96. The summed E-state index contributed by atoms with van der Waals surface area (Å²) in [6.45, 7) is 1.06. The van der Waals surface area contributed by atoms with E-state index in [1.54, 1.807) is 4.90 Å². The monoisotopic (exact) mass is 347 g/mol. The largest absolute Gasteiger partial charge is 0.324 e. The molecule has 3 rings (SSSR count). The number of carbonyl (C=O) groups is 1. The van der Waals surface area contributed by atoms with Gasteiger partial charge in [0.25, 0.3) is 0 Å². The van der Waals surface area contributed by atoms with Gasteiger partial charge in [-0.1, -0.05) is 36.4 Å². The molecule has 2 aromatic rings.